The van der Waals surface area contributed by atoms with Gasteiger partial charge in [-0.15, -0.1) is 11.3 Å². The maximum atomic E-state index is 12.4. The van der Waals surface area contributed by atoms with Crippen molar-refractivity contribution in [3.63, 3.8) is 0 Å². The van der Waals surface area contributed by atoms with Crippen molar-refractivity contribution in [3.8, 4) is 0 Å². The van der Waals surface area contributed by atoms with Gasteiger partial charge in [0, 0.05) is 24.5 Å². The van der Waals surface area contributed by atoms with Gasteiger partial charge in [0.05, 0.1) is 19.3 Å². The van der Waals surface area contributed by atoms with E-state index in [1.807, 2.05) is 4.90 Å². The number of urea groups is 1. The van der Waals surface area contributed by atoms with Crippen molar-refractivity contribution in [1.82, 2.24) is 15.1 Å². The largest absolute Gasteiger partial charge is 0.378 e. The summed E-state index contributed by atoms with van der Waals surface area (Å²) >= 11 is 1.79. The fourth-order valence-electron chi connectivity index (χ4n) is 3.29. The molecule has 23 heavy (non-hydrogen) atoms. The lowest BCUT2D eigenvalue weighted by molar-refractivity contribution is 0.0523. The SMILES string of the molecule is CC1CCN([C@H](CNC(=O)N2CCOCC2)c2cccs2)CC1. The highest BCUT2D eigenvalue weighted by Gasteiger charge is 2.26. The number of morpholine rings is 1. The second-order valence-corrected chi connectivity index (χ2v) is 7.51. The summed E-state index contributed by atoms with van der Waals surface area (Å²) in [5, 5.41) is 5.27. The molecule has 1 aromatic heterocycles. The van der Waals surface area contributed by atoms with Gasteiger partial charge in [-0.2, -0.15) is 0 Å². The Morgan fingerprint density at radius 3 is 2.74 bits per heavy atom. The van der Waals surface area contributed by atoms with Crippen molar-refractivity contribution >= 4 is 17.4 Å². The maximum Gasteiger partial charge on any atom is 0.317 e. The van der Waals surface area contributed by atoms with Crippen molar-refractivity contribution in [1.29, 1.82) is 0 Å². The molecule has 3 heterocycles. The fourth-order valence-corrected chi connectivity index (χ4v) is 4.15. The van der Waals surface area contributed by atoms with Crippen LogP contribution in [0.4, 0.5) is 4.79 Å². The summed E-state index contributed by atoms with van der Waals surface area (Å²) in [6, 6.07) is 4.63. The number of amides is 2. The summed E-state index contributed by atoms with van der Waals surface area (Å²) in [7, 11) is 0. The van der Waals surface area contributed by atoms with Crippen LogP contribution in [0.1, 0.15) is 30.7 Å². The lowest BCUT2D eigenvalue weighted by atomic mass is 9.97. The molecule has 0 aromatic carbocycles. The van der Waals surface area contributed by atoms with Gasteiger partial charge < -0.3 is 15.0 Å². The summed E-state index contributed by atoms with van der Waals surface area (Å²) in [6.07, 6.45) is 2.50. The van der Waals surface area contributed by atoms with Crippen LogP contribution in [-0.4, -0.2) is 61.8 Å². The Morgan fingerprint density at radius 1 is 1.35 bits per heavy atom. The van der Waals surface area contributed by atoms with Gasteiger partial charge in [-0.25, -0.2) is 4.79 Å². The molecule has 0 saturated carbocycles. The van der Waals surface area contributed by atoms with Crippen LogP contribution in [0.3, 0.4) is 0 Å². The number of carbonyl (C=O) groups is 1. The van der Waals surface area contributed by atoms with Crippen LogP contribution in [0, 0.1) is 5.92 Å². The molecule has 0 unspecified atom stereocenters. The minimum atomic E-state index is 0.0419. The smallest absolute Gasteiger partial charge is 0.317 e. The molecule has 6 heteroatoms. The quantitative estimate of drug-likeness (QED) is 0.918. The molecule has 0 spiro atoms. The Balaban J connectivity index is 1.59. The van der Waals surface area contributed by atoms with Gasteiger partial charge in [-0.3, -0.25) is 4.90 Å². The van der Waals surface area contributed by atoms with E-state index in [0.717, 1.165) is 19.0 Å². The first-order valence-corrected chi connectivity index (χ1v) is 9.50. The second-order valence-electron chi connectivity index (χ2n) is 6.54. The highest BCUT2D eigenvalue weighted by atomic mass is 32.1. The summed E-state index contributed by atoms with van der Waals surface area (Å²) in [6.45, 7) is 7.93. The van der Waals surface area contributed by atoms with E-state index in [0.29, 0.717) is 38.9 Å². The minimum Gasteiger partial charge on any atom is -0.378 e. The van der Waals surface area contributed by atoms with Crippen LogP contribution in [-0.2, 0) is 4.74 Å². The lowest BCUT2D eigenvalue weighted by Gasteiger charge is -2.37. The molecule has 1 N–H and O–H groups in total. The standard InChI is InChI=1S/C17H27N3O2S/c1-14-4-6-19(7-5-14)15(16-3-2-12-23-16)13-18-17(21)20-8-10-22-11-9-20/h2-3,12,14-15H,4-11,13H2,1H3,(H,18,21)/t15-/m1/s1. The van der Waals surface area contributed by atoms with E-state index < -0.39 is 0 Å². The highest BCUT2D eigenvalue weighted by molar-refractivity contribution is 7.10. The molecule has 1 aromatic rings. The molecule has 1 atom stereocenters. The number of carbonyl (C=O) groups excluding carboxylic acids is 1. The second kappa shape index (κ2) is 8.13. The molecule has 3 rings (SSSR count). The van der Waals surface area contributed by atoms with Crippen molar-refractivity contribution in [2.45, 2.75) is 25.8 Å². The number of likely N-dealkylation sites (tertiary alicyclic amines) is 1. The van der Waals surface area contributed by atoms with Crippen LogP contribution in [0.15, 0.2) is 17.5 Å². The molecule has 0 aliphatic carbocycles. The molecule has 2 amide bonds. The number of piperidine rings is 1. The first kappa shape index (κ1) is 16.7. The number of hydrogen-bond donors (Lipinski definition) is 1. The van der Waals surface area contributed by atoms with E-state index in [-0.39, 0.29) is 6.03 Å². The summed E-state index contributed by atoms with van der Waals surface area (Å²) in [4.78, 5) is 18.1. The van der Waals surface area contributed by atoms with Crippen molar-refractivity contribution < 1.29 is 9.53 Å². The molecule has 0 bridgehead atoms. The van der Waals surface area contributed by atoms with Crippen molar-refractivity contribution in [3.05, 3.63) is 22.4 Å². The zero-order valence-corrected chi connectivity index (χ0v) is 14.7. The third-order valence-electron chi connectivity index (χ3n) is 4.88. The van der Waals surface area contributed by atoms with Gasteiger partial charge in [0.1, 0.15) is 0 Å². The van der Waals surface area contributed by atoms with E-state index in [9.17, 15) is 4.79 Å². The first-order chi connectivity index (χ1) is 11.2. The van der Waals surface area contributed by atoms with Gasteiger partial charge in [0.25, 0.3) is 0 Å². The molecule has 2 aliphatic rings. The Morgan fingerprint density at radius 2 is 2.09 bits per heavy atom. The maximum absolute atomic E-state index is 12.4. The van der Waals surface area contributed by atoms with Crippen molar-refractivity contribution in [2.24, 2.45) is 5.92 Å². The highest BCUT2D eigenvalue weighted by Crippen LogP contribution is 2.29. The van der Waals surface area contributed by atoms with E-state index in [1.54, 1.807) is 11.3 Å². The summed E-state index contributed by atoms with van der Waals surface area (Å²) in [5.41, 5.74) is 0. The Labute approximate surface area is 142 Å². The number of thiophene rings is 1. The molecule has 2 fully saturated rings. The minimum absolute atomic E-state index is 0.0419. The predicted molar refractivity (Wildman–Crippen MR) is 92.8 cm³/mol. The molecular formula is C17H27N3O2S. The monoisotopic (exact) mass is 337 g/mol. The van der Waals surface area contributed by atoms with Gasteiger partial charge in [0.2, 0.25) is 0 Å². The van der Waals surface area contributed by atoms with Gasteiger partial charge in [-0.05, 0) is 43.3 Å². The third kappa shape index (κ3) is 4.46. The lowest BCUT2D eigenvalue weighted by Crippen LogP contribution is -2.49. The zero-order chi connectivity index (χ0) is 16.1. The molecule has 5 nitrogen and oxygen atoms in total. The van der Waals surface area contributed by atoms with Gasteiger partial charge in [-0.1, -0.05) is 13.0 Å². The first-order valence-electron chi connectivity index (χ1n) is 8.62. The molecule has 0 radical (unpaired) electrons. The zero-order valence-electron chi connectivity index (χ0n) is 13.9. The van der Waals surface area contributed by atoms with Gasteiger partial charge in [0.15, 0.2) is 0 Å². The third-order valence-corrected chi connectivity index (χ3v) is 5.85. The molecule has 128 valence electrons. The average molecular weight is 337 g/mol. The number of nitrogens with zero attached hydrogens (tertiary/aromatic N) is 2. The van der Waals surface area contributed by atoms with Crippen LogP contribution in [0.5, 0.6) is 0 Å². The topological polar surface area (TPSA) is 44.8 Å². The fraction of sp³-hybridized carbons (Fsp3) is 0.706. The van der Waals surface area contributed by atoms with E-state index in [4.69, 9.17) is 4.74 Å². The number of rotatable bonds is 4. The average Bonchev–Trinajstić information content (AvgIpc) is 3.11. The van der Waals surface area contributed by atoms with E-state index in [2.05, 4.69) is 34.7 Å². The Kier molecular flexibility index (Phi) is 5.91. The number of nitrogens with one attached hydrogen (secondary N) is 1. The van der Waals surface area contributed by atoms with Crippen LogP contribution in [0.25, 0.3) is 0 Å². The Bertz CT molecular complexity index is 480. The molecule has 2 aliphatic heterocycles. The molecule has 2 saturated heterocycles. The Hall–Kier alpha value is -1.11. The van der Waals surface area contributed by atoms with Gasteiger partial charge >= 0.3 is 6.03 Å². The predicted octanol–water partition coefficient (Wildman–Crippen LogP) is 2.56. The van der Waals surface area contributed by atoms with E-state index >= 15 is 0 Å². The normalized spacial score (nSPS) is 22.0. The van der Waals surface area contributed by atoms with Crippen LogP contribution < -0.4 is 5.32 Å². The van der Waals surface area contributed by atoms with E-state index in [1.165, 1.54) is 17.7 Å². The van der Waals surface area contributed by atoms with Crippen LogP contribution in [0.2, 0.25) is 0 Å². The number of ether oxygens (including phenoxy) is 1. The summed E-state index contributed by atoms with van der Waals surface area (Å²) < 4.78 is 5.31. The summed E-state index contributed by atoms with van der Waals surface area (Å²) in [5.74, 6) is 0.818. The molecular weight excluding hydrogens is 310 g/mol. The van der Waals surface area contributed by atoms with Crippen LogP contribution >= 0.6 is 11.3 Å². The van der Waals surface area contributed by atoms with Crippen molar-refractivity contribution in [2.75, 3.05) is 45.9 Å². The number of hydrogen-bond acceptors (Lipinski definition) is 4.